The lowest BCUT2D eigenvalue weighted by atomic mass is 9.85. The average molecular weight is 887 g/mol. The van der Waals surface area contributed by atoms with E-state index in [1.807, 2.05) is 42.8 Å². The zero-order chi connectivity index (χ0) is 44.6. The minimum Gasteiger partial charge on any atom is -0.444 e. The molecule has 2 aromatic rings. The number of carbonyl (C=O) groups excluding carboxylic acids is 6. The van der Waals surface area contributed by atoms with E-state index in [1.54, 1.807) is 71.5 Å². The third-order valence-electron chi connectivity index (χ3n) is 9.74. The van der Waals surface area contributed by atoms with Crippen molar-refractivity contribution < 1.29 is 46.7 Å². The number of isocyanates is 1. The molecule has 4 N–H and O–H groups in total. The molecule has 2 aliphatic carbocycles. The van der Waals surface area contributed by atoms with Crippen LogP contribution >= 0.6 is 23.5 Å². The number of nitrogens with one attached hydrogen (secondary N) is 4. The van der Waals surface area contributed by atoms with E-state index in [1.165, 1.54) is 28.8 Å². The van der Waals surface area contributed by atoms with E-state index in [9.17, 15) is 37.2 Å². The Morgan fingerprint density at radius 2 is 1.58 bits per heavy atom. The average Bonchev–Trinajstić information content (AvgIpc) is 4.10. The second-order valence-electron chi connectivity index (χ2n) is 16.6. The van der Waals surface area contributed by atoms with Gasteiger partial charge in [0.1, 0.15) is 29.3 Å². The summed E-state index contributed by atoms with van der Waals surface area (Å²) in [5, 5.41) is 7.38. The summed E-state index contributed by atoms with van der Waals surface area (Å²) in [6.07, 6.45) is 5.07. The number of benzene rings is 2. The zero-order valence-electron chi connectivity index (χ0n) is 35.0. The standard InChI is InChI=1S/C33H47N5O9S2.C8H7NOS/c1-9-19-17-33(19,28(41)37-49(44,45)21-14-15-21)36-26(39)23-16-20(46-29(42)34-22-12-10-11-13-24(22)48-8)18-38(23)27(40)25(31(2,3)4)35-30(43)47-32(5,6)7;1-11-8-5-3-2-4-7(8)9-6-10/h9-13,19-21,23,25H,1,14-18H2,2-8H3,(H,34,42)(H,35,43)(H,36,39)(H,37,41);2-5H,1H3/t19?,20-,23+,25-,33-;/m1./s1. The van der Waals surface area contributed by atoms with Crippen LogP contribution in [0.1, 0.15) is 67.2 Å². The van der Waals surface area contributed by atoms with Crippen LogP contribution in [-0.4, -0.2) is 103 Å². The molecule has 0 spiro atoms. The first kappa shape index (κ1) is 47.8. The van der Waals surface area contributed by atoms with E-state index in [0.717, 1.165) is 9.79 Å². The van der Waals surface area contributed by atoms with Crippen LogP contribution in [-0.2, 0) is 38.7 Å². The van der Waals surface area contributed by atoms with Crippen molar-refractivity contribution in [1.29, 1.82) is 0 Å². The van der Waals surface area contributed by atoms with Crippen molar-refractivity contribution >= 4 is 80.9 Å². The summed E-state index contributed by atoms with van der Waals surface area (Å²) in [5.74, 6) is -2.82. The fourth-order valence-electron chi connectivity index (χ4n) is 6.44. The number of thioether (sulfide) groups is 2. The van der Waals surface area contributed by atoms with Crippen molar-refractivity contribution in [3.8, 4) is 0 Å². The lowest BCUT2D eigenvalue weighted by Crippen LogP contribution is -2.60. The summed E-state index contributed by atoms with van der Waals surface area (Å²) in [5.41, 5.74) is -2.08. The quantitative estimate of drug-likeness (QED) is 0.0799. The van der Waals surface area contributed by atoms with E-state index >= 15 is 0 Å². The van der Waals surface area contributed by atoms with Gasteiger partial charge in [-0.1, -0.05) is 51.1 Å². The Kier molecular flexibility index (Phi) is 15.7. The van der Waals surface area contributed by atoms with Gasteiger partial charge in [-0.2, -0.15) is 4.99 Å². The molecule has 3 fully saturated rings. The normalized spacial score (nSPS) is 21.4. The number of hydrogen-bond acceptors (Lipinski definition) is 13. The Morgan fingerprint density at radius 3 is 2.13 bits per heavy atom. The number of carbonyl (C=O) groups is 5. The number of ether oxygens (including phenoxy) is 2. The van der Waals surface area contributed by atoms with Gasteiger partial charge in [0.25, 0.3) is 5.91 Å². The van der Waals surface area contributed by atoms with Crippen molar-refractivity contribution in [1.82, 2.24) is 20.3 Å². The largest absolute Gasteiger partial charge is 0.444 e. The highest BCUT2D eigenvalue weighted by molar-refractivity contribution is 7.99. The van der Waals surface area contributed by atoms with E-state index in [-0.39, 0.29) is 19.4 Å². The zero-order valence-corrected chi connectivity index (χ0v) is 37.5. The van der Waals surface area contributed by atoms with Gasteiger partial charge in [0, 0.05) is 22.1 Å². The highest BCUT2D eigenvalue weighted by atomic mass is 32.2. The minimum atomic E-state index is -3.91. The number of hydrogen-bond donors (Lipinski definition) is 4. The third kappa shape index (κ3) is 12.6. The van der Waals surface area contributed by atoms with Gasteiger partial charge in [-0.05, 0) is 82.2 Å². The van der Waals surface area contributed by atoms with Gasteiger partial charge in [0.15, 0.2) is 0 Å². The molecule has 1 unspecified atom stereocenters. The van der Waals surface area contributed by atoms with Crippen molar-refractivity contribution in [3.63, 3.8) is 0 Å². The summed E-state index contributed by atoms with van der Waals surface area (Å²) >= 11 is 2.99. The fraction of sp³-hybridized carbons (Fsp3) is 0.512. The SMILES string of the molecule is C=CC1C[C@]1(NC(=O)[C@@H]1C[C@@H](OC(=O)Nc2ccccc2SC)CN1C(=O)[C@@H](NC(=O)OC(C)(C)C)C(C)(C)C)C(=O)NS(=O)(=O)C1CC1.CSc1ccccc1N=C=O. The van der Waals surface area contributed by atoms with Gasteiger partial charge < -0.3 is 25.0 Å². The first-order valence-corrected chi connectivity index (χ1v) is 23.2. The van der Waals surface area contributed by atoms with Crippen molar-refractivity contribution in [2.45, 2.75) is 112 Å². The third-order valence-corrected chi connectivity index (χ3v) is 13.1. The molecule has 3 aliphatic rings. The molecule has 1 heterocycles. The topological polar surface area (TPSA) is 219 Å². The fourth-order valence-corrected chi connectivity index (χ4v) is 8.90. The summed E-state index contributed by atoms with van der Waals surface area (Å²) in [6.45, 7) is 13.8. The molecule has 16 nitrogen and oxygen atoms in total. The van der Waals surface area contributed by atoms with Crippen molar-refractivity contribution in [3.05, 3.63) is 61.2 Å². The maximum Gasteiger partial charge on any atom is 0.411 e. The van der Waals surface area contributed by atoms with Gasteiger partial charge in [-0.25, -0.2) is 22.8 Å². The van der Waals surface area contributed by atoms with Crippen LogP contribution in [0.25, 0.3) is 0 Å². The van der Waals surface area contributed by atoms with E-state index < -0.39 is 85.8 Å². The molecule has 5 amide bonds. The number of alkyl carbamates (subject to hydrolysis) is 1. The van der Waals surface area contributed by atoms with Gasteiger partial charge in [-0.15, -0.1) is 30.1 Å². The van der Waals surface area contributed by atoms with Crippen molar-refractivity contribution in [2.75, 3.05) is 24.4 Å². The van der Waals surface area contributed by atoms with Crippen LogP contribution in [0.4, 0.5) is 21.0 Å². The van der Waals surface area contributed by atoms with E-state index in [2.05, 4.69) is 32.2 Å². The molecule has 0 aromatic heterocycles. The summed E-state index contributed by atoms with van der Waals surface area (Å²) < 4.78 is 38.4. The van der Waals surface area contributed by atoms with Crippen LogP contribution in [0.5, 0.6) is 0 Å². The number of sulfonamides is 1. The van der Waals surface area contributed by atoms with Gasteiger partial charge in [0.05, 0.1) is 23.2 Å². The first-order chi connectivity index (χ1) is 28.1. The maximum absolute atomic E-state index is 14.3. The van der Waals surface area contributed by atoms with E-state index in [4.69, 9.17) is 9.47 Å². The summed E-state index contributed by atoms with van der Waals surface area (Å²) in [4.78, 5) is 84.0. The number of rotatable bonds is 13. The van der Waals surface area contributed by atoms with Crippen LogP contribution in [0.3, 0.4) is 0 Å². The van der Waals surface area contributed by atoms with Crippen LogP contribution in [0, 0.1) is 11.3 Å². The Balaban J connectivity index is 0.000000624. The number of likely N-dealkylation sites (tertiary alicyclic amines) is 1. The van der Waals surface area contributed by atoms with Gasteiger partial charge >= 0.3 is 12.2 Å². The molecule has 326 valence electrons. The molecular weight excluding hydrogens is 833 g/mol. The highest BCUT2D eigenvalue weighted by Gasteiger charge is 2.62. The number of aliphatic imine (C=N–C) groups is 1. The lowest BCUT2D eigenvalue weighted by Gasteiger charge is -2.36. The van der Waals surface area contributed by atoms with Crippen LogP contribution in [0.15, 0.2) is 76.0 Å². The summed E-state index contributed by atoms with van der Waals surface area (Å²) in [6, 6.07) is 12.2. The molecule has 2 saturated carbocycles. The number of para-hydroxylation sites is 2. The second-order valence-corrected chi connectivity index (χ2v) is 20.3. The summed E-state index contributed by atoms with van der Waals surface area (Å²) in [7, 11) is -3.91. The smallest absolute Gasteiger partial charge is 0.411 e. The Morgan fingerprint density at radius 1 is 0.967 bits per heavy atom. The lowest BCUT2D eigenvalue weighted by molar-refractivity contribution is -0.143. The van der Waals surface area contributed by atoms with Crippen molar-refractivity contribution in [2.24, 2.45) is 16.3 Å². The number of amides is 5. The molecular formula is C41H54N6O10S3. The Bertz CT molecular complexity index is 2110. The second kappa shape index (κ2) is 19.7. The maximum atomic E-state index is 14.3. The molecule has 60 heavy (non-hydrogen) atoms. The van der Waals surface area contributed by atoms with E-state index in [0.29, 0.717) is 24.2 Å². The molecule has 1 aliphatic heterocycles. The highest BCUT2D eigenvalue weighted by Crippen LogP contribution is 2.45. The molecule has 1 saturated heterocycles. The predicted molar refractivity (Wildman–Crippen MR) is 230 cm³/mol. The molecule has 0 bridgehead atoms. The monoisotopic (exact) mass is 886 g/mol. The predicted octanol–water partition coefficient (Wildman–Crippen LogP) is 5.91. The molecule has 2 aromatic carbocycles. The molecule has 5 rings (SSSR count). The Hall–Kier alpha value is -4.84. The number of nitrogens with zero attached hydrogens (tertiary/aromatic N) is 2. The van der Waals surface area contributed by atoms with Gasteiger partial charge in [0.2, 0.25) is 27.9 Å². The molecule has 5 atom stereocenters. The molecule has 0 radical (unpaired) electrons. The Labute approximate surface area is 359 Å². The number of anilines is 1. The molecule has 19 heteroatoms. The van der Waals surface area contributed by atoms with Crippen LogP contribution < -0.4 is 20.7 Å². The minimum absolute atomic E-state index is 0.108. The van der Waals surface area contributed by atoms with Gasteiger partial charge in [-0.3, -0.25) is 24.4 Å². The van der Waals surface area contributed by atoms with Crippen LogP contribution in [0.2, 0.25) is 0 Å². The first-order valence-electron chi connectivity index (χ1n) is 19.2.